The third-order valence-electron chi connectivity index (χ3n) is 19.8. The van der Waals surface area contributed by atoms with Gasteiger partial charge in [0, 0.05) is 115 Å². The molecular formula is C92H108F4N8O12. The van der Waals surface area contributed by atoms with Crippen LogP contribution in [0.5, 0.6) is 23.0 Å². The zero-order chi connectivity index (χ0) is 82.6. The molecule has 8 aromatic carbocycles. The molecule has 0 fully saturated rings. The number of unbranched alkanes of at least 4 members (excludes halogenated alkanes) is 20. The van der Waals surface area contributed by atoms with Crippen molar-refractivity contribution in [3.8, 4) is 23.0 Å². The number of amides is 12. The van der Waals surface area contributed by atoms with Crippen molar-refractivity contribution in [2.75, 3.05) is 47.7 Å². The maximum atomic E-state index is 14.5. The Morgan fingerprint density at radius 3 is 0.586 bits per heavy atom. The number of benzene rings is 8. The fourth-order valence-corrected chi connectivity index (χ4v) is 13.9. The summed E-state index contributed by atoms with van der Waals surface area (Å²) >= 11 is 0. The van der Waals surface area contributed by atoms with Crippen molar-refractivity contribution in [1.82, 2.24) is 21.3 Å². The summed E-state index contributed by atoms with van der Waals surface area (Å²) in [5, 5.41) is 21.1. The van der Waals surface area contributed by atoms with E-state index in [2.05, 4.69) is 70.2 Å². The van der Waals surface area contributed by atoms with Crippen LogP contribution in [0.15, 0.2) is 146 Å². The van der Waals surface area contributed by atoms with Crippen LogP contribution in [0.2, 0.25) is 0 Å². The smallest absolute Gasteiger partial charge is 0.326 e. The van der Waals surface area contributed by atoms with Gasteiger partial charge in [-0.05, 0) is 171 Å². The van der Waals surface area contributed by atoms with Gasteiger partial charge in [-0.25, -0.2) is 36.7 Å². The van der Waals surface area contributed by atoms with E-state index in [1.54, 1.807) is 48.5 Å². The highest BCUT2D eigenvalue weighted by molar-refractivity contribution is 6.10. The van der Waals surface area contributed by atoms with E-state index in [1.165, 1.54) is 48.5 Å². The van der Waals surface area contributed by atoms with Crippen molar-refractivity contribution < 1.29 is 74.9 Å². The lowest BCUT2D eigenvalue weighted by molar-refractivity contribution is 0.0957. The lowest BCUT2D eigenvalue weighted by atomic mass is 9.90. The van der Waals surface area contributed by atoms with Gasteiger partial charge in [-0.3, -0.25) is 40.4 Å². The van der Waals surface area contributed by atoms with Gasteiger partial charge in [-0.2, -0.15) is 0 Å². The molecule has 20 nitrogen and oxygen atoms in total. The summed E-state index contributed by atoms with van der Waals surface area (Å²) in [6, 6.07) is 28.6. The average molecular weight is 1590 g/mol. The van der Waals surface area contributed by atoms with Gasteiger partial charge in [0.05, 0.1) is 26.4 Å². The highest BCUT2D eigenvalue weighted by Gasteiger charge is 2.28. The Balaban J connectivity index is 1.33. The van der Waals surface area contributed by atoms with Crippen molar-refractivity contribution in [2.24, 2.45) is 0 Å². The van der Waals surface area contributed by atoms with Gasteiger partial charge < -0.3 is 40.2 Å². The van der Waals surface area contributed by atoms with E-state index in [1.807, 2.05) is 0 Å². The highest BCUT2D eigenvalue weighted by atomic mass is 19.1. The van der Waals surface area contributed by atoms with E-state index >= 15 is 0 Å². The van der Waals surface area contributed by atoms with Crippen LogP contribution >= 0.6 is 0 Å². The SMILES string of the molecule is CCCCCCCCOc1c2cc(NC(=O)NC(=O)c3ccc(F)cc3)cc1Cc1cc(NC(=O)NC(=O)c3ccc(F)cc3)cc(c1OCCCCCCCC)Cc1cc(NC(=O)NC(=O)c3ccc(F)cc3)cc(c1OCCCCCCCC)Cc1cc(NC(=O)NC(=O)c3ccc(F)cc3)cc(c1OCCCCCCCC)C2. The average Bonchev–Trinajstić information content (AvgIpc) is 0.769. The lowest BCUT2D eigenvalue weighted by Crippen LogP contribution is -2.34. The molecule has 24 heteroatoms. The number of rotatable bonds is 40. The number of fused-ring (bicyclic) bond motifs is 8. The van der Waals surface area contributed by atoms with E-state index in [0.717, 1.165) is 177 Å². The predicted molar refractivity (Wildman–Crippen MR) is 444 cm³/mol. The Morgan fingerprint density at radius 1 is 0.250 bits per heavy atom. The minimum atomic E-state index is -0.948. The van der Waals surface area contributed by atoms with Crippen LogP contribution in [0.25, 0.3) is 0 Å². The number of hydrogen-bond donors (Lipinski definition) is 8. The van der Waals surface area contributed by atoms with Crippen molar-refractivity contribution in [1.29, 1.82) is 0 Å². The van der Waals surface area contributed by atoms with E-state index in [4.69, 9.17) is 18.9 Å². The minimum absolute atomic E-state index is 0.00254. The Bertz CT molecular complexity index is 3950. The van der Waals surface area contributed by atoms with Crippen molar-refractivity contribution in [2.45, 2.75) is 207 Å². The molecule has 616 valence electrons. The number of anilines is 4. The van der Waals surface area contributed by atoms with Gasteiger partial charge in [0.2, 0.25) is 0 Å². The monoisotopic (exact) mass is 1590 g/mol. The van der Waals surface area contributed by atoms with Crippen molar-refractivity contribution in [3.05, 3.63) is 236 Å². The van der Waals surface area contributed by atoms with Gasteiger partial charge >= 0.3 is 24.1 Å². The first-order chi connectivity index (χ1) is 56.3. The number of urea groups is 4. The number of halogens is 4. The molecule has 1 aliphatic carbocycles. The summed E-state index contributed by atoms with van der Waals surface area (Å²) in [6.45, 7) is 9.42. The fourth-order valence-electron chi connectivity index (χ4n) is 13.9. The largest absolute Gasteiger partial charge is 0.493 e. The Kier molecular flexibility index (Phi) is 35.6. The zero-order valence-corrected chi connectivity index (χ0v) is 66.9. The maximum absolute atomic E-state index is 14.5. The molecule has 0 unspecified atom stereocenters. The standard InChI is InChI=1S/C92H108F4N8O12/c1-5-9-13-17-21-25-45-113-81-65-49-67-55-78(98-90(110)102-86(106)62-31-39-74(94)40-32-62)57-69(82(67)114-46-26-22-18-14-10-6-2)51-71-59-80(100-92(112)104-88(108)64-35-43-76(96)44-36-64)60-72(84(71)116-48-28-24-20-16-12-8-4)52-70-58-79(99-91(111)103-87(107)63-33-41-75(95)42-34-63)56-68(83(70)115-47-27-23-19-15-11-7-3)50-66(81)54-77(53-65)97-89(109)101-85(105)61-29-37-73(93)38-30-61/h29-44,53-60H,5-28,45-52H2,1-4H3,(H2,97,101,105,109)(H2,98,102,106,110)(H2,99,103,107,111)(H2,100,104,108,112). The van der Waals surface area contributed by atoms with Gasteiger partial charge in [-0.1, -0.05) is 156 Å². The lowest BCUT2D eigenvalue weighted by Gasteiger charge is -2.25. The fraction of sp³-hybridized carbons (Fsp3) is 0.391. The molecule has 0 aliphatic heterocycles. The molecule has 0 radical (unpaired) electrons. The molecule has 9 rings (SSSR count). The van der Waals surface area contributed by atoms with Gasteiger partial charge in [0.15, 0.2) is 0 Å². The summed E-state index contributed by atoms with van der Waals surface area (Å²) < 4.78 is 85.5. The second-order valence-electron chi connectivity index (χ2n) is 29.3. The molecule has 8 bridgehead atoms. The molecule has 0 saturated heterocycles. The van der Waals surface area contributed by atoms with Crippen LogP contribution in [0.3, 0.4) is 0 Å². The molecule has 0 saturated carbocycles. The first-order valence-electron chi connectivity index (χ1n) is 40.9. The van der Waals surface area contributed by atoms with Gasteiger partial charge in [0.1, 0.15) is 46.3 Å². The molecule has 0 spiro atoms. The topological polar surface area (TPSA) is 270 Å². The third-order valence-corrected chi connectivity index (χ3v) is 19.8. The quantitative estimate of drug-likeness (QED) is 0.0132. The van der Waals surface area contributed by atoms with Crippen LogP contribution in [0, 0.1) is 23.3 Å². The molecular weight excluding hydrogens is 1490 g/mol. The Morgan fingerprint density at radius 2 is 0.414 bits per heavy atom. The summed E-state index contributed by atoms with van der Waals surface area (Å²) in [5.41, 5.74) is 4.39. The van der Waals surface area contributed by atoms with Crippen LogP contribution in [0.4, 0.5) is 59.5 Å². The first kappa shape index (κ1) is 88.4. The van der Waals surface area contributed by atoms with Gasteiger partial charge in [0.25, 0.3) is 23.6 Å². The summed E-state index contributed by atoms with van der Waals surface area (Å²) in [6.07, 6.45) is 21.7. The number of hydrogen-bond acceptors (Lipinski definition) is 12. The molecule has 12 amide bonds. The van der Waals surface area contributed by atoms with Crippen molar-refractivity contribution in [3.63, 3.8) is 0 Å². The first-order valence-corrected chi connectivity index (χ1v) is 40.9. The Labute approximate surface area is 677 Å². The van der Waals surface area contributed by atoms with Crippen molar-refractivity contribution >= 4 is 70.5 Å². The highest BCUT2D eigenvalue weighted by Crippen LogP contribution is 2.44. The molecule has 0 atom stereocenters. The van der Waals surface area contributed by atoms with Crippen LogP contribution in [0.1, 0.15) is 268 Å². The number of nitrogens with one attached hydrogen (secondary N) is 8. The summed E-state index contributed by atoms with van der Waals surface area (Å²) in [5.74, 6) is -4.19. The van der Waals surface area contributed by atoms with E-state index in [9.17, 15) is 55.9 Å². The van der Waals surface area contributed by atoms with Gasteiger partial charge in [-0.15, -0.1) is 0 Å². The molecule has 116 heavy (non-hydrogen) atoms. The molecule has 0 aromatic heterocycles. The Hall–Kier alpha value is -11.6. The minimum Gasteiger partial charge on any atom is -0.493 e. The van der Waals surface area contributed by atoms with Crippen LogP contribution < -0.4 is 61.5 Å². The second-order valence-corrected chi connectivity index (χ2v) is 29.3. The van der Waals surface area contributed by atoms with E-state index in [-0.39, 0.29) is 97.1 Å². The second kappa shape index (κ2) is 46.7. The summed E-state index contributed by atoms with van der Waals surface area (Å²) in [7, 11) is 0. The van der Waals surface area contributed by atoms with E-state index < -0.39 is 71.0 Å². The van der Waals surface area contributed by atoms with Crippen LogP contribution in [-0.4, -0.2) is 74.2 Å². The molecule has 0 heterocycles. The summed E-state index contributed by atoms with van der Waals surface area (Å²) in [4.78, 5) is 113. The zero-order valence-electron chi connectivity index (χ0n) is 66.9. The maximum Gasteiger partial charge on any atom is 0.326 e. The number of carbonyl (C=O) groups is 8. The number of ether oxygens (including phenoxy) is 4. The third kappa shape index (κ3) is 28.5. The van der Waals surface area contributed by atoms with E-state index in [0.29, 0.717) is 93.2 Å². The predicted octanol–water partition coefficient (Wildman–Crippen LogP) is 21.7. The van der Waals surface area contributed by atoms with Crippen LogP contribution in [-0.2, 0) is 25.7 Å². The number of imide groups is 4. The number of carbonyl (C=O) groups excluding carboxylic acids is 8. The normalized spacial score (nSPS) is 11.5. The molecule has 8 N–H and O–H groups in total. The molecule has 1 aliphatic rings. The molecule has 8 aromatic rings.